The van der Waals surface area contributed by atoms with Crippen LogP contribution in [0.1, 0.15) is 25.3 Å². The summed E-state index contributed by atoms with van der Waals surface area (Å²) >= 11 is 0. The third-order valence-electron chi connectivity index (χ3n) is 3.78. The molecule has 0 fully saturated rings. The van der Waals surface area contributed by atoms with Crippen molar-refractivity contribution in [3.63, 3.8) is 0 Å². The van der Waals surface area contributed by atoms with Crippen LogP contribution in [0.3, 0.4) is 0 Å². The highest BCUT2D eigenvalue weighted by Crippen LogP contribution is 2.29. The van der Waals surface area contributed by atoms with Crippen LogP contribution >= 0.6 is 0 Å². The fraction of sp³-hybridized carbons (Fsp3) is 0.250. The van der Waals surface area contributed by atoms with Gasteiger partial charge in [-0.25, -0.2) is 4.98 Å². The van der Waals surface area contributed by atoms with Crippen LogP contribution in [0.25, 0.3) is 23.3 Å². The topological polar surface area (TPSA) is 87.6 Å². The summed E-state index contributed by atoms with van der Waals surface area (Å²) in [5.41, 5.74) is 1.81. The second-order valence-electron chi connectivity index (χ2n) is 6.41. The van der Waals surface area contributed by atoms with Crippen molar-refractivity contribution < 1.29 is 18.8 Å². The third-order valence-corrected chi connectivity index (χ3v) is 3.78. The van der Waals surface area contributed by atoms with Gasteiger partial charge in [0.05, 0.1) is 18.6 Å². The number of ether oxygens (including phenoxy) is 2. The molecule has 1 heterocycles. The van der Waals surface area contributed by atoms with E-state index in [4.69, 9.17) is 13.9 Å². The number of non-ortho nitro benzene ring substituents is 1. The van der Waals surface area contributed by atoms with Crippen LogP contribution < -0.4 is 9.47 Å². The Morgan fingerprint density at radius 2 is 2.00 bits per heavy atom. The summed E-state index contributed by atoms with van der Waals surface area (Å²) in [5.74, 6) is 2.10. The zero-order chi connectivity index (χ0) is 19.4. The molecule has 0 bridgehead atoms. The highest BCUT2D eigenvalue weighted by molar-refractivity contribution is 5.78. The number of nitrogens with zero attached hydrogens (tertiary/aromatic N) is 2. The largest absolute Gasteiger partial charge is 0.493 e. The minimum atomic E-state index is -0.459. The summed E-state index contributed by atoms with van der Waals surface area (Å²) < 4.78 is 16.7. The second-order valence-corrected chi connectivity index (χ2v) is 6.41. The predicted octanol–water partition coefficient (Wildman–Crippen LogP) is 4.95. The van der Waals surface area contributed by atoms with Crippen molar-refractivity contribution in [2.24, 2.45) is 5.92 Å². The molecule has 1 aromatic heterocycles. The number of nitro benzene ring substituents is 1. The number of nitro groups is 1. The first-order valence-electron chi connectivity index (χ1n) is 8.50. The molecule has 7 heteroatoms. The zero-order valence-corrected chi connectivity index (χ0v) is 15.3. The van der Waals surface area contributed by atoms with E-state index in [2.05, 4.69) is 18.8 Å². The van der Waals surface area contributed by atoms with Gasteiger partial charge in [0.25, 0.3) is 5.69 Å². The van der Waals surface area contributed by atoms with Crippen LogP contribution in [0.5, 0.6) is 11.5 Å². The van der Waals surface area contributed by atoms with E-state index in [9.17, 15) is 10.1 Å². The van der Waals surface area contributed by atoms with Gasteiger partial charge in [-0.05, 0) is 35.8 Å². The number of aromatic nitrogens is 1. The molecule has 0 amide bonds. The van der Waals surface area contributed by atoms with Crippen LogP contribution in [0.15, 0.2) is 40.8 Å². The Labute approximate surface area is 156 Å². The molecule has 3 rings (SSSR count). The van der Waals surface area contributed by atoms with E-state index in [1.807, 2.05) is 24.3 Å². The molecule has 0 N–H and O–H groups in total. The maximum atomic E-state index is 10.9. The van der Waals surface area contributed by atoms with Crippen molar-refractivity contribution in [3.8, 4) is 11.5 Å². The van der Waals surface area contributed by atoms with E-state index >= 15 is 0 Å². The number of oxazole rings is 1. The van der Waals surface area contributed by atoms with Gasteiger partial charge in [0.1, 0.15) is 5.52 Å². The molecule has 27 heavy (non-hydrogen) atoms. The van der Waals surface area contributed by atoms with E-state index < -0.39 is 4.92 Å². The van der Waals surface area contributed by atoms with Crippen LogP contribution in [0.4, 0.5) is 5.69 Å². The van der Waals surface area contributed by atoms with Gasteiger partial charge in [-0.15, -0.1) is 0 Å². The fourth-order valence-electron chi connectivity index (χ4n) is 2.45. The van der Waals surface area contributed by atoms with Crippen molar-refractivity contribution in [1.29, 1.82) is 0 Å². The molecule has 0 saturated carbocycles. The summed E-state index contributed by atoms with van der Waals surface area (Å²) in [5, 5.41) is 10.9. The Morgan fingerprint density at radius 1 is 1.19 bits per heavy atom. The first-order valence-corrected chi connectivity index (χ1v) is 8.50. The molecule has 140 valence electrons. The quantitative estimate of drug-likeness (QED) is 0.433. The smallest absolute Gasteiger partial charge is 0.271 e. The molecule has 0 atom stereocenters. The Balaban J connectivity index is 1.83. The Hall–Kier alpha value is -3.35. The van der Waals surface area contributed by atoms with E-state index in [0.717, 1.165) is 5.56 Å². The minimum Gasteiger partial charge on any atom is -0.493 e. The average molecular weight is 368 g/mol. The van der Waals surface area contributed by atoms with Crippen LogP contribution in [0.2, 0.25) is 0 Å². The van der Waals surface area contributed by atoms with Gasteiger partial charge in [-0.1, -0.05) is 19.9 Å². The maximum absolute atomic E-state index is 10.9. The lowest BCUT2D eigenvalue weighted by Crippen LogP contribution is -2.05. The van der Waals surface area contributed by atoms with Crippen LogP contribution in [-0.2, 0) is 0 Å². The Bertz CT molecular complexity index is 991. The summed E-state index contributed by atoms with van der Waals surface area (Å²) in [6, 6.07) is 9.94. The lowest BCUT2D eigenvalue weighted by molar-refractivity contribution is -0.384. The molecule has 0 unspecified atom stereocenters. The first-order chi connectivity index (χ1) is 13.0. The van der Waals surface area contributed by atoms with Crippen LogP contribution in [-0.4, -0.2) is 23.6 Å². The third kappa shape index (κ3) is 4.44. The van der Waals surface area contributed by atoms with Gasteiger partial charge in [0.15, 0.2) is 17.1 Å². The van der Waals surface area contributed by atoms with Gasteiger partial charge in [0, 0.05) is 18.2 Å². The SMILES string of the molecule is COc1ccc(/C=C/c2nc3cc([N+](=O)[O-])ccc3o2)cc1OCC(C)C. The summed E-state index contributed by atoms with van der Waals surface area (Å²) in [7, 11) is 1.60. The van der Waals surface area contributed by atoms with Crippen molar-refractivity contribution in [1.82, 2.24) is 4.98 Å². The van der Waals surface area contributed by atoms with E-state index in [-0.39, 0.29) is 5.69 Å². The number of rotatable bonds is 7. The number of methoxy groups -OCH3 is 1. The maximum Gasteiger partial charge on any atom is 0.271 e. The van der Waals surface area contributed by atoms with Crippen LogP contribution in [0, 0.1) is 16.0 Å². The molecule has 3 aromatic rings. The average Bonchev–Trinajstić information content (AvgIpc) is 3.06. The number of benzene rings is 2. The molecular weight excluding hydrogens is 348 g/mol. The van der Waals surface area contributed by atoms with E-state index in [0.29, 0.717) is 41.0 Å². The lowest BCUT2D eigenvalue weighted by Gasteiger charge is -2.12. The van der Waals surface area contributed by atoms with Gasteiger partial charge in [-0.3, -0.25) is 10.1 Å². The lowest BCUT2D eigenvalue weighted by atomic mass is 10.2. The molecule has 2 aromatic carbocycles. The number of hydrogen-bond donors (Lipinski definition) is 0. The zero-order valence-electron chi connectivity index (χ0n) is 15.3. The normalized spacial score (nSPS) is 11.4. The fourth-order valence-corrected chi connectivity index (χ4v) is 2.45. The molecule has 0 aliphatic carbocycles. The van der Waals surface area contributed by atoms with Gasteiger partial charge >= 0.3 is 0 Å². The molecule has 0 saturated heterocycles. The molecule has 0 aliphatic rings. The molecule has 0 aliphatic heterocycles. The van der Waals surface area contributed by atoms with Crippen molar-refractivity contribution in [2.75, 3.05) is 13.7 Å². The molecule has 0 radical (unpaired) electrons. The molecular formula is C20H20N2O5. The Kier molecular flexibility index (Phi) is 5.40. The highest BCUT2D eigenvalue weighted by atomic mass is 16.6. The van der Waals surface area contributed by atoms with Gasteiger partial charge < -0.3 is 13.9 Å². The standard InChI is InChI=1S/C20H20N2O5/c1-13(2)12-26-19-10-14(4-7-18(19)25-3)5-9-20-21-16-11-15(22(23)24)6-8-17(16)27-20/h4-11,13H,12H2,1-3H3/b9-5+. The minimum absolute atomic E-state index is 0.0200. The van der Waals surface area contributed by atoms with Crippen molar-refractivity contribution in [3.05, 3.63) is 58.0 Å². The number of fused-ring (bicyclic) bond motifs is 1. The molecule has 0 spiro atoms. The van der Waals surface area contributed by atoms with Crippen molar-refractivity contribution >= 4 is 28.9 Å². The highest BCUT2D eigenvalue weighted by Gasteiger charge is 2.11. The Morgan fingerprint density at radius 3 is 2.70 bits per heavy atom. The summed E-state index contributed by atoms with van der Waals surface area (Å²) in [6.07, 6.45) is 3.54. The monoisotopic (exact) mass is 368 g/mol. The van der Waals surface area contributed by atoms with Gasteiger partial charge in [-0.2, -0.15) is 0 Å². The molecule has 7 nitrogen and oxygen atoms in total. The predicted molar refractivity (Wildman–Crippen MR) is 103 cm³/mol. The van der Waals surface area contributed by atoms with Crippen molar-refractivity contribution in [2.45, 2.75) is 13.8 Å². The number of hydrogen-bond acceptors (Lipinski definition) is 6. The van der Waals surface area contributed by atoms with Gasteiger partial charge in [0.2, 0.25) is 5.89 Å². The summed E-state index contributed by atoms with van der Waals surface area (Å²) in [4.78, 5) is 14.7. The first kappa shape index (κ1) is 18.4. The van der Waals surface area contributed by atoms with E-state index in [1.165, 1.54) is 12.1 Å². The van der Waals surface area contributed by atoms with E-state index in [1.54, 1.807) is 19.3 Å². The second kappa shape index (κ2) is 7.90. The summed E-state index contributed by atoms with van der Waals surface area (Å²) in [6.45, 7) is 4.75.